The number of benzene rings is 2. The summed E-state index contributed by atoms with van der Waals surface area (Å²) in [6.45, 7) is 4.09. The molecule has 2 atom stereocenters. The van der Waals surface area contributed by atoms with E-state index < -0.39 is 0 Å². The third kappa shape index (κ3) is 5.70. The third-order valence-electron chi connectivity index (χ3n) is 4.13. The van der Waals surface area contributed by atoms with Crippen LogP contribution in [-0.4, -0.2) is 32.0 Å². The molecule has 6 heteroatoms. The SMILES string of the molecule is C[C@H](CNc1ccc(OC[C@@H]2CCCO2)cc1)Oc1ccc(Cl)cc1Cl. The maximum Gasteiger partial charge on any atom is 0.138 e. The van der Waals surface area contributed by atoms with Gasteiger partial charge in [-0.15, -0.1) is 0 Å². The van der Waals surface area contributed by atoms with E-state index in [2.05, 4.69) is 5.32 Å². The van der Waals surface area contributed by atoms with Gasteiger partial charge in [-0.1, -0.05) is 23.2 Å². The van der Waals surface area contributed by atoms with Gasteiger partial charge in [-0.3, -0.25) is 0 Å². The number of ether oxygens (including phenoxy) is 3. The molecule has 0 amide bonds. The molecule has 1 fully saturated rings. The fourth-order valence-corrected chi connectivity index (χ4v) is 3.18. The monoisotopic (exact) mass is 395 g/mol. The van der Waals surface area contributed by atoms with E-state index in [0.717, 1.165) is 30.9 Å². The zero-order valence-corrected chi connectivity index (χ0v) is 16.2. The molecule has 0 aromatic heterocycles. The van der Waals surface area contributed by atoms with Crippen LogP contribution in [0.2, 0.25) is 10.0 Å². The van der Waals surface area contributed by atoms with E-state index in [1.807, 2.05) is 31.2 Å². The van der Waals surface area contributed by atoms with Gasteiger partial charge < -0.3 is 19.5 Å². The van der Waals surface area contributed by atoms with Gasteiger partial charge in [0.2, 0.25) is 0 Å². The number of rotatable bonds is 8. The molecule has 4 nitrogen and oxygen atoms in total. The molecule has 0 radical (unpaired) electrons. The highest BCUT2D eigenvalue weighted by Crippen LogP contribution is 2.28. The summed E-state index contributed by atoms with van der Waals surface area (Å²) < 4.78 is 17.2. The van der Waals surface area contributed by atoms with Crippen LogP contribution in [0.15, 0.2) is 42.5 Å². The van der Waals surface area contributed by atoms with Gasteiger partial charge in [-0.05, 0) is 62.2 Å². The second-order valence-electron chi connectivity index (χ2n) is 6.35. The van der Waals surface area contributed by atoms with E-state index in [-0.39, 0.29) is 12.2 Å². The summed E-state index contributed by atoms with van der Waals surface area (Å²) in [5.74, 6) is 1.48. The van der Waals surface area contributed by atoms with Gasteiger partial charge in [0.25, 0.3) is 0 Å². The molecular formula is C20H23Cl2NO3. The maximum absolute atomic E-state index is 6.13. The topological polar surface area (TPSA) is 39.7 Å². The Balaban J connectivity index is 1.43. The van der Waals surface area contributed by atoms with Crippen molar-refractivity contribution in [3.8, 4) is 11.5 Å². The Morgan fingerprint density at radius 1 is 1.19 bits per heavy atom. The molecule has 2 aromatic carbocycles. The minimum atomic E-state index is -0.0517. The minimum Gasteiger partial charge on any atom is -0.491 e. The molecule has 2 aromatic rings. The summed E-state index contributed by atoms with van der Waals surface area (Å²) in [4.78, 5) is 0. The van der Waals surface area contributed by atoms with Crippen LogP contribution in [0.1, 0.15) is 19.8 Å². The lowest BCUT2D eigenvalue weighted by molar-refractivity contribution is 0.0679. The summed E-state index contributed by atoms with van der Waals surface area (Å²) >= 11 is 12.0. The molecule has 0 unspecified atom stereocenters. The normalized spacial score (nSPS) is 17.7. The van der Waals surface area contributed by atoms with Gasteiger partial charge in [0.1, 0.15) is 24.2 Å². The van der Waals surface area contributed by atoms with Crippen LogP contribution < -0.4 is 14.8 Å². The van der Waals surface area contributed by atoms with Crippen LogP contribution in [0, 0.1) is 0 Å². The lowest BCUT2D eigenvalue weighted by Gasteiger charge is -2.17. The minimum absolute atomic E-state index is 0.0517. The molecule has 3 rings (SSSR count). The lowest BCUT2D eigenvalue weighted by atomic mass is 10.2. The second-order valence-corrected chi connectivity index (χ2v) is 7.20. The molecule has 1 saturated heterocycles. The maximum atomic E-state index is 6.13. The fourth-order valence-electron chi connectivity index (χ4n) is 2.72. The van der Waals surface area contributed by atoms with Crippen molar-refractivity contribution in [3.05, 3.63) is 52.5 Å². The first-order chi connectivity index (χ1) is 12.6. The van der Waals surface area contributed by atoms with Crippen molar-refractivity contribution < 1.29 is 14.2 Å². The Kier molecular flexibility index (Phi) is 6.89. The van der Waals surface area contributed by atoms with E-state index in [1.165, 1.54) is 0 Å². The van der Waals surface area contributed by atoms with Crippen molar-refractivity contribution in [3.63, 3.8) is 0 Å². The highest BCUT2D eigenvalue weighted by molar-refractivity contribution is 6.35. The van der Waals surface area contributed by atoms with Crippen LogP contribution >= 0.6 is 23.2 Å². The number of halogens is 2. The van der Waals surface area contributed by atoms with E-state index >= 15 is 0 Å². The summed E-state index contributed by atoms with van der Waals surface area (Å²) in [5, 5.41) is 4.45. The fraction of sp³-hybridized carbons (Fsp3) is 0.400. The molecule has 0 bridgehead atoms. The number of hydrogen-bond donors (Lipinski definition) is 1. The zero-order valence-electron chi connectivity index (χ0n) is 14.7. The molecule has 1 N–H and O–H groups in total. The molecule has 26 heavy (non-hydrogen) atoms. The standard InChI is InChI=1S/C20H23Cl2NO3/c1-14(26-20-9-4-15(21)11-19(20)22)12-23-16-5-7-17(8-6-16)25-13-18-3-2-10-24-18/h4-9,11,14,18,23H,2-3,10,12-13H2,1H3/t14-,18+/m1/s1. The van der Waals surface area contributed by atoms with Crippen LogP contribution in [0.3, 0.4) is 0 Å². The van der Waals surface area contributed by atoms with Gasteiger partial charge in [0.15, 0.2) is 0 Å². The average Bonchev–Trinajstić information content (AvgIpc) is 3.15. The van der Waals surface area contributed by atoms with E-state index in [1.54, 1.807) is 18.2 Å². The van der Waals surface area contributed by atoms with Gasteiger partial charge in [0.05, 0.1) is 17.7 Å². The van der Waals surface area contributed by atoms with Crippen molar-refractivity contribution >= 4 is 28.9 Å². The lowest BCUT2D eigenvalue weighted by Crippen LogP contribution is -2.22. The highest BCUT2D eigenvalue weighted by atomic mass is 35.5. The molecular weight excluding hydrogens is 373 g/mol. The third-order valence-corrected chi connectivity index (χ3v) is 4.66. The molecule has 1 aliphatic heterocycles. The number of hydrogen-bond acceptors (Lipinski definition) is 4. The van der Waals surface area contributed by atoms with E-state index in [0.29, 0.717) is 28.9 Å². The van der Waals surface area contributed by atoms with Crippen molar-refractivity contribution in [1.82, 2.24) is 0 Å². The predicted octanol–water partition coefficient (Wildman–Crippen LogP) is 5.43. The summed E-state index contributed by atoms with van der Waals surface area (Å²) in [5.41, 5.74) is 1.01. The first-order valence-electron chi connectivity index (χ1n) is 8.80. The van der Waals surface area contributed by atoms with Crippen LogP contribution in [-0.2, 0) is 4.74 Å². The first kappa shape index (κ1) is 19.2. The molecule has 0 saturated carbocycles. The van der Waals surface area contributed by atoms with Crippen molar-refractivity contribution in [2.24, 2.45) is 0 Å². The number of anilines is 1. The number of nitrogens with one attached hydrogen (secondary N) is 1. The summed E-state index contributed by atoms with van der Waals surface area (Å²) in [6.07, 6.45) is 2.38. The quantitative estimate of drug-likeness (QED) is 0.646. The van der Waals surface area contributed by atoms with Crippen LogP contribution in [0.25, 0.3) is 0 Å². The van der Waals surface area contributed by atoms with Gasteiger partial charge in [0, 0.05) is 17.3 Å². The summed E-state index contributed by atoms with van der Waals surface area (Å²) in [6, 6.07) is 13.1. The van der Waals surface area contributed by atoms with Crippen molar-refractivity contribution in [2.45, 2.75) is 32.0 Å². The smallest absolute Gasteiger partial charge is 0.138 e. The van der Waals surface area contributed by atoms with E-state index in [9.17, 15) is 0 Å². The predicted molar refractivity (Wildman–Crippen MR) is 106 cm³/mol. The average molecular weight is 396 g/mol. The Bertz CT molecular complexity index is 703. The largest absolute Gasteiger partial charge is 0.491 e. The van der Waals surface area contributed by atoms with Crippen molar-refractivity contribution in [2.75, 3.05) is 25.1 Å². The molecule has 140 valence electrons. The second kappa shape index (κ2) is 9.36. The van der Waals surface area contributed by atoms with Gasteiger partial charge in [-0.25, -0.2) is 0 Å². The molecule has 0 spiro atoms. The van der Waals surface area contributed by atoms with Crippen molar-refractivity contribution in [1.29, 1.82) is 0 Å². The first-order valence-corrected chi connectivity index (χ1v) is 9.56. The summed E-state index contributed by atoms with van der Waals surface area (Å²) in [7, 11) is 0. The van der Waals surface area contributed by atoms with Gasteiger partial charge in [-0.2, -0.15) is 0 Å². The highest BCUT2D eigenvalue weighted by Gasteiger charge is 2.15. The molecule has 1 aliphatic rings. The molecule has 0 aliphatic carbocycles. The Hall–Kier alpha value is -1.62. The Morgan fingerprint density at radius 2 is 2.00 bits per heavy atom. The Labute approximate surface area is 164 Å². The Morgan fingerprint density at radius 3 is 2.69 bits per heavy atom. The zero-order chi connectivity index (χ0) is 18.4. The molecule has 1 heterocycles. The van der Waals surface area contributed by atoms with E-state index in [4.69, 9.17) is 37.4 Å². The van der Waals surface area contributed by atoms with Gasteiger partial charge >= 0.3 is 0 Å². The van der Waals surface area contributed by atoms with Crippen LogP contribution in [0.5, 0.6) is 11.5 Å². The van der Waals surface area contributed by atoms with Crippen LogP contribution in [0.4, 0.5) is 5.69 Å².